The number of amides is 3. The van der Waals surface area contributed by atoms with Crippen molar-refractivity contribution in [1.29, 1.82) is 0 Å². The summed E-state index contributed by atoms with van der Waals surface area (Å²) < 4.78 is 0. The first kappa shape index (κ1) is 27.0. The van der Waals surface area contributed by atoms with Crippen molar-refractivity contribution in [3.8, 4) is 0 Å². The first-order valence-electron chi connectivity index (χ1n) is 11.0. The highest BCUT2D eigenvalue weighted by molar-refractivity contribution is 7.98. The number of aliphatic carboxylic acids is 1. The number of nitrogens with zero attached hydrogens (tertiary/aromatic N) is 1. The molecule has 0 bridgehead atoms. The molecule has 0 saturated heterocycles. The predicted octanol–water partition coefficient (Wildman–Crippen LogP) is 1.72. The lowest BCUT2D eigenvalue weighted by molar-refractivity contribution is -0.147. The van der Waals surface area contributed by atoms with Gasteiger partial charge in [-0.2, -0.15) is 24.4 Å². The van der Waals surface area contributed by atoms with Gasteiger partial charge in [0.1, 0.15) is 18.1 Å². The van der Waals surface area contributed by atoms with Gasteiger partial charge in [0.15, 0.2) is 0 Å². The minimum absolute atomic E-state index is 0.183. The number of thiol groups is 1. The summed E-state index contributed by atoms with van der Waals surface area (Å²) in [5.74, 6) is -1.50. The fourth-order valence-corrected chi connectivity index (χ4v) is 4.46. The number of hydrogen-bond acceptors (Lipinski definition) is 6. The number of rotatable bonds is 11. The molecular weight excluding hydrogens is 462 g/mol. The van der Waals surface area contributed by atoms with E-state index in [1.807, 2.05) is 44.4 Å². The fourth-order valence-electron chi connectivity index (χ4n) is 3.79. The molecule has 182 valence electrons. The molecule has 3 atom stereocenters. The molecule has 3 amide bonds. The van der Waals surface area contributed by atoms with E-state index in [4.69, 9.17) is 0 Å². The summed E-state index contributed by atoms with van der Waals surface area (Å²) in [5, 5.41) is 14.9. The number of thioether (sulfide) groups is 1. The number of hydrogen-bond donors (Lipinski definition) is 4. The number of carboxylic acids is 1. The summed E-state index contributed by atoms with van der Waals surface area (Å²) in [6, 6.07) is 4.86. The van der Waals surface area contributed by atoms with E-state index in [1.54, 1.807) is 0 Å². The molecule has 0 aliphatic carbocycles. The van der Waals surface area contributed by atoms with Crippen molar-refractivity contribution in [2.45, 2.75) is 57.8 Å². The van der Waals surface area contributed by atoms with E-state index in [1.165, 1.54) is 16.7 Å². The second-order valence-electron chi connectivity index (χ2n) is 8.40. The van der Waals surface area contributed by atoms with Crippen LogP contribution in [0.2, 0.25) is 0 Å². The molecule has 3 N–H and O–H groups in total. The standard InChI is InChI=1S/C23H33N3O5S2/c1-14(2)20(25-19(27)8-10-32)22(29)26-13-16-7-5-4-6-15(16)12-18(26)21(28)24-17(23(30)31)9-11-33-3/h4-7,14,17-18,20,32H,8-13H2,1-3H3,(H,24,28)(H,25,27)(H,30,31)/t17-,18?,20+/m1/s1. The Balaban J connectivity index is 2.33. The molecule has 1 heterocycles. The van der Waals surface area contributed by atoms with Gasteiger partial charge in [-0.15, -0.1) is 0 Å². The van der Waals surface area contributed by atoms with Crippen molar-refractivity contribution in [3.63, 3.8) is 0 Å². The molecule has 33 heavy (non-hydrogen) atoms. The third-order valence-corrected chi connectivity index (χ3v) is 6.52. The zero-order chi connectivity index (χ0) is 24.5. The van der Waals surface area contributed by atoms with Gasteiger partial charge < -0.3 is 20.6 Å². The first-order chi connectivity index (χ1) is 15.7. The molecule has 0 spiro atoms. The molecule has 1 aliphatic rings. The van der Waals surface area contributed by atoms with Gasteiger partial charge in [0.05, 0.1) is 0 Å². The average molecular weight is 496 g/mol. The van der Waals surface area contributed by atoms with Gasteiger partial charge in [0.25, 0.3) is 0 Å². The minimum atomic E-state index is -1.11. The van der Waals surface area contributed by atoms with E-state index in [0.717, 1.165) is 11.1 Å². The van der Waals surface area contributed by atoms with Gasteiger partial charge in [-0.05, 0) is 41.2 Å². The Morgan fingerprint density at radius 3 is 2.42 bits per heavy atom. The van der Waals surface area contributed by atoms with Crippen LogP contribution in [0, 0.1) is 5.92 Å². The van der Waals surface area contributed by atoms with Crippen molar-refractivity contribution in [2.75, 3.05) is 17.8 Å². The molecule has 0 radical (unpaired) electrons. The Hall–Kier alpha value is -2.20. The van der Waals surface area contributed by atoms with E-state index < -0.39 is 30.0 Å². The summed E-state index contributed by atoms with van der Waals surface area (Å²) >= 11 is 5.57. The van der Waals surface area contributed by atoms with Gasteiger partial charge in [-0.25, -0.2) is 4.79 Å². The van der Waals surface area contributed by atoms with Gasteiger partial charge in [-0.3, -0.25) is 14.4 Å². The highest BCUT2D eigenvalue weighted by Gasteiger charge is 2.39. The lowest BCUT2D eigenvalue weighted by atomic mass is 9.91. The maximum Gasteiger partial charge on any atom is 0.326 e. The van der Waals surface area contributed by atoms with Crippen LogP contribution in [0.15, 0.2) is 24.3 Å². The summed E-state index contributed by atoms with van der Waals surface area (Å²) in [4.78, 5) is 52.2. The molecule has 2 rings (SSSR count). The van der Waals surface area contributed by atoms with Crippen molar-refractivity contribution < 1.29 is 24.3 Å². The van der Waals surface area contributed by atoms with Gasteiger partial charge >= 0.3 is 5.97 Å². The number of nitrogens with one attached hydrogen (secondary N) is 2. The van der Waals surface area contributed by atoms with E-state index in [0.29, 0.717) is 11.5 Å². The van der Waals surface area contributed by atoms with E-state index in [2.05, 4.69) is 23.3 Å². The zero-order valence-electron chi connectivity index (χ0n) is 19.2. The van der Waals surface area contributed by atoms with Crippen molar-refractivity contribution in [1.82, 2.24) is 15.5 Å². The fraction of sp³-hybridized carbons (Fsp3) is 0.565. The summed E-state index contributed by atoms with van der Waals surface area (Å²) in [7, 11) is 0. The Morgan fingerprint density at radius 1 is 1.18 bits per heavy atom. The largest absolute Gasteiger partial charge is 0.480 e. The highest BCUT2D eigenvalue weighted by Crippen LogP contribution is 2.25. The van der Waals surface area contributed by atoms with Crippen LogP contribution in [-0.4, -0.2) is 69.6 Å². The number of carbonyl (C=O) groups excluding carboxylic acids is 3. The molecule has 1 aliphatic heterocycles. The SMILES string of the molecule is CSCC[C@@H](NC(=O)C1Cc2ccccc2CN1C(=O)[C@@H](NC(=O)CCS)C(C)C)C(=O)O. The van der Waals surface area contributed by atoms with E-state index >= 15 is 0 Å². The maximum atomic E-state index is 13.6. The third kappa shape index (κ3) is 7.40. The Bertz CT molecular complexity index is 864. The predicted molar refractivity (Wildman–Crippen MR) is 132 cm³/mol. The molecule has 8 nitrogen and oxygen atoms in total. The Labute approximate surface area is 204 Å². The number of carboxylic acid groups (broad SMARTS) is 1. The summed E-state index contributed by atoms with van der Waals surface area (Å²) in [6.45, 7) is 3.88. The molecule has 0 aromatic heterocycles. The molecule has 0 fully saturated rings. The van der Waals surface area contributed by atoms with Crippen LogP contribution in [0.3, 0.4) is 0 Å². The number of carbonyl (C=O) groups is 4. The van der Waals surface area contributed by atoms with Crippen LogP contribution >= 0.6 is 24.4 Å². The third-order valence-electron chi connectivity index (χ3n) is 5.65. The summed E-state index contributed by atoms with van der Waals surface area (Å²) in [5.41, 5.74) is 1.87. The van der Waals surface area contributed by atoms with Gasteiger partial charge in [0.2, 0.25) is 17.7 Å². The Morgan fingerprint density at radius 2 is 1.85 bits per heavy atom. The average Bonchev–Trinajstić information content (AvgIpc) is 2.78. The van der Waals surface area contributed by atoms with Gasteiger partial charge in [-0.1, -0.05) is 38.1 Å². The molecule has 1 aromatic rings. The molecule has 0 saturated carbocycles. The first-order valence-corrected chi connectivity index (χ1v) is 13.0. The normalized spacial score (nSPS) is 17.1. The van der Waals surface area contributed by atoms with Crippen LogP contribution in [0.5, 0.6) is 0 Å². The number of benzene rings is 1. The molecular formula is C23H33N3O5S2. The second kappa shape index (κ2) is 12.9. The van der Waals surface area contributed by atoms with Crippen LogP contribution < -0.4 is 10.6 Å². The topological polar surface area (TPSA) is 116 Å². The van der Waals surface area contributed by atoms with E-state index in [9.17, 15) is 24.3 Å². The lowest BCUT2D eigenvalue weighted by Crippen LogP contribution is -2.60. The van der Waals surface area contributed by atoms with Crippen molar-refractivity contribution in [3.05, 3.63) is 35.4 Å². The van der Waals surface area contributed by atoms with Gasteiger partial charge in [0, 0.05) is 19.4 Å². The number of fused-ring (bicyclic) bond motifs is 1. The minimum Gasteiger partial charge on any atom is -0.480 e. The van der Waals surface area contributed by atoms with Crippen molar-refractivity contribution >= 4 is 48.1 Å². The monoisotopic (exact) mass is 495 g/mol. The maximum absolute atomic E-state index is 13.6. The highest BCUT2D eigenvalue weighted by atomic mass is 32.2. The molecule has 1 unspecified atom stereocenters. The van der Waals surface area contributed by atoms with Crippen LogP contribution in [0.25, 0.3) is 0 Å². The van der Waals surface area contributed by atoms with Crippen LogP contribution in [0.1, 0.15) is 37.8 Å². The smallest absolute Gasteiger partial charge is 0.326 e. The zero-order valence-corrected chi connectivity index (χ0v) is 21.0. The van der Waals surface area contributed by atoms with Crippen LogP contribution in [0.4, 0.5) is 0 Å². The second-order valence-corrected chi connectivity index (χ2v) is 9.83. The quantitative estimate of drug-likeness (QED) is 0.348. The van der Waals surface area contributed by atoms with Crippen LogP contribution in [-0.2, 0) is 32.1 Å². The van der Waals surface area contributed by atoms with Crippen molar-refractivity contribution in [2.24, 2.45) is 5.92 Å². The molecule has 1 aromatic carbocycles. The Kier molecular flexibility index (Phi) is 10.6. The lowest BCUT2D eigenvalue weighted by Gasteiger charge is -2.39. The summed E-state index contributed by atoms with van der Waals surface area (Å²) in [6.07, 6.45) is 2.61. The molecule has 10 heteroatoms. The van der Waals surface area contributed by atoms with E-state index in [-0.39, 0.29) is 43.5 Å².